The molecule has 0 aromatic rings. The van der Waals surface area contributed by atoms with E-state index in [1.54, 1.807) is 0 Å². The third-order valence-electron chi connectivity index (χ3n) is 2.08. The fourth-order valence-corrected chi connectivity index (χ4v) is 1.08. The van der Waals surface area contributed by atoms with Gasteiger partial charge in [0.15, 0.2) is 6.29 Å². The summed E-state index contributed by atoms with van der Waals surface area (Å²) in [7, 11) is 0. The topological polar surface area (TPSA) is 27.7 Å². The zero-order valence-corrected chi connectivity index (χ0v) is 10.5. The van der Waals surface area contributed by atoms with E-state index in [0.717, 1.165) is 45.1 Å². The first kappa shape index (κ1) is 14.9. The Hall–Kier alpha value is -0.120. The number of hydrogen-bond acceptors (Lipinski definition) is 3. The second-order valence-corrected chi connectivity index (χ2v) is 3.71. The Morgan fingerprint density at radius 2 is 1.53 bits per heavy atom. The summed E-state index contributed by atoms with van der Waals surface area (Å²) in [5.41, 5.74) is 0. The highest BCUT2D eigenvalue weighted by Crippen LogP contribution is 2.06. The lowest BCUT2D eigenvalue weighted by Crippen LogP contribution is -2.18. The predicted molar refractivity (Wildman–Crippen MR) is 61.5 cm³/mol. The maximum atomic E-state index is 5.56. The highest BCUT2D eigenvalue weighted by Gasteiger charge is 2.08. The van der Waals surface area contributed by atoms with Gasteiger partial charge in [-0.2, -0.15) is 0 Å². The Kier molecular flexibility index (Phi) is 11.9. The van der Waals surface area contributed by atoms with Crippen LogP contribution in [0.25, 0.3) is 0 Å². The first-order valence-electron chi connectivity index (χ1n) is 6.24. The van der Waals surface area contributed by atoms with E-state index in [0.29, 0.717) is 6.61 Å². The lowest BCUT2D eigenvalue weighted by Gasteiger charge is -2.16. The molecule has 0 spiro atoms. The normalized spacial score (nSPS) is 13.0. The molecular weight excluding hydrogens is 192 g/mol. The Labute approximate surface area is 94.0 Å². The van der Waals surface area contributed by atoms with E-state index >= 15 is 0 Å². The monoisotopic (exact) mass is 218 g/mol. The van der Waals surface area contributed by atoms with E-state index in [1.165, 1.54) is 0 Å². The van der Waals surface area contributed by atoms with Crippen molar-refractivity contribution in [1.29, 1.82) is 0 Å². The molecule has 92 valence electrons. The third-order valence-corrected chi connectivity index (χ3v) is 2.08. The Bertz CT molecular complexity index is 117. The van der Waals surface area contributed by atoms with Crippen molar-refractivity contribution in [3.63, 3.8) is 0 Å². The molecule has 0 saturated carbocycles. The quantitative estimate of drug-likeness (QED) is 0.229. The lowest BCUT2D eigenvalue weighted by molar-refractivity contribution is -0.379. The molecule has 0 aromatic carbocycles. The van der Waals surface area contributed by atoms with Gasteiger partial charge in [-0.3, -0.25) is 0 Å². The fourth-order valence-electron chi connectivity index (χ4n) is 1.08. The van der Waals surface area contributed by atoms with Crippen molar-refractivity contribution in [3.8, 4) is 0 Å². The van der Waals surface area contributed by atoms with E-state index in [9.17, 15) is 0 Å². The van der Waals surface area contributed by atoms with Crippen molar-refractivity contribution in [2.45, 2.75) is 65.6 Å². The molecule has 1 unspecified atom stereocenters. The molecule has 0 radical (unpaired) electrons. The summed E-state index contributed by atoms with van der Waals surface area (Å²) in [5.74, 6) is 0. The molecule has 0 N–H and O–H groups in total. The van der Waals surface area contributed by atoms with Crippen LogP contribution in [-0.2, 0) is 14.5 Å². The van der Waals surface area contributed by atoms with Crippen LogP contribution in [-0.4, -0.2) is 19.5 Å². The number of ether oxygens (including phenoxy) is 1. The molecule has 0 amide bonds. The molecule has 0 saturated heterocycles. The van der Waals surface area contributed by atoms with E-state index < -0.39 is 0 Å². The predicted octanol–water partition coefficient (Wildman–Crippen LogP) is 3.68. The van der Waals surface area contributed by atoms with Gasteiger partial charge < -0.3 is 4.74 Å². The van der Waals surface area contributed by atoms with E-state index in [-0.39, 0.29) is 6.29 Å². The summed E-state index contributed by atoms with van der Waals surface area (Å²) >= 11 is 0. The summed E-state index contributed by atoms with van der Waals surface area (Å²) in [6, 6.07) is 0. The average Bonchev–Trinajstić information content (AvgIpc) is 2.24. The smallest absolute Gasteiger partial charge is 0.191 e. The molecule has 0 fully saturated rings. The minimum Gasteiger partial charge on any atom is -0.350 e. The van der Waals surface area contributed by atoms with Gasteiger partial charge >= 0.3 is 0 Å². The van der Waals surface area contributed by atoms with Crippen molar-refractivity contribution >= 4 is 0 Å². The molecule has 0 heterocycles. The van der Waals surface area contributed by atoms with Crippen LogP contribution in [0.2, 0.25) is 0 Å². The van der Waals surface area contributed by atoms with Crippen LogP contribution in [0.1, 0.15) is 59.3 Å². The van der Waals surface area contributed by atoms with Crippen molar-refractivity contribution in [2.75, 3.05) is 13.2 Å². The van der Waals surface area contributed by atoms with Gasteiger partial charge in [-0.05, 0) is 12.8 Å². The largest absolute Gasteiger partial charge is 0.350 e. The Morgan fingerprint density at radius 1 is 0.867 bits per heavy atom. The zero-order chi connectivity index (χ0) is 11.4. The van der Waals surface area contributed by atoms with Gasteiger partial charge in [0, 0.05) is 13.0 Å². The van der Waals surface area contributed by atoms with Crippen molar-refractivity contribution in [2.24, 2.45) is 0 Å². The molecule has 0 aliphatic rings. The van der Waals surface area contributed by atoms with Crippen LogP contribution in [0.4, 0.5) is 0 Å². The summed E-state index contributed by atoms with van der Waals surface area (Å²) < 4.78 is 5.56. The first-order chi connectivity index (χ1) is 7.35. The highest BCUT2D eigenvalue weighted by atomic mass is 17.2. The number of unbranched alkanes of at least 4 members (excludes halogenated alkanes) is 2. The minimum absolute atomic E-state index is 0.182. The molecule has 0 aromatic heterocycles. The van der Waals surface area contributed by atoms with Crippen LogP contribution in [0, 0.1) is 0 Å². The van der Waals surface area contributed by atoms with E-state index in [2.05, 4.69) is 20.8 Å². The van der Waals surface area contributed by atoms with Gasteiger partial charge in [-0.25, -0.2) is 9.78 Å². The molecule has 0 aliphatic heterocycles. The molecule has 0 rings (SSSR count). The van der Waals surface area contributed by atoms with Crippen LogP contribution in [0.3, 0.4) is 0 Å². The average molecular weight is 218 g/mol. The van der Waals surface area contributed by atoms with Crippen molar-refractivity contribution in [3.05, 3.63) is 0 Å². The van der Waals surface area contributed by atoms with Crippen molar-refractivity contribution in [1.82, 2.24) is 0 Å². The van der Waals surface area contributed by atoms with E-state index in [4.69, 9.17) is 14.5 Å². The fraction of sp³-hybridized carbons (Fsp3) is 1.00. The van der Waals surface area contributed by atoms with Gasteiger partial charge in [0.25, 0.3) is 0 Å². The SMILES string of the molecule is CCCCOOC(CCC)OCCCC. The number of hydrogen-bond donors (Lipinski definition) is 0. The van der Waals surface area contributed by atoms with Gasteiger partial charge in [-0.15, -0.1) is 0 Å². The zero-order valence-electron chi connectivity index (χ0n) is 10.5. The molecule has 3 nitrogen and oxygen atoms in total. The summed E-state index contributed by atoms with van der Waals surface area (Å²) in [6.07, 6.45) is 6.16. The van der Waals surface area contributed by atoms with Gasteiger partial charge in [0.2, 0.25) is 0 Å². The summed E-state index contributed by atoms with van der Waals surface area (Å²) in [6.45, 7) is 7.82. The van der Waals surface area contributed by atoms with Crippen LogP contribution in [0.15, 0.2) is 0 Å². The molecule has 0 bridgehead atoms. The molecule has 0 aliphatic carbocycles. The number of rotatable bonds is 11. The molecular formula is C12H26O3. The minimum atomic E-state index is -0.182. The highest BCUT2D eigenvalue weighted by molar-refractivity contribution is 4.42. The second kappa shape index (κ2) is 12.0. The van der Waals surface area contributed by atoms with Crippen LogP contribution >= 0.6 is 0 Å². The summed E-state index contributed by atoms with van der Waals surface area (Å²) in [4.78, 5) is 10.3. The third kappa shape index (κ3) is 10.2. The van der Waals surface area contributed by atoms with E-state index in [1.807, 2.05) is 0 Å². The van der Waals surface area contributed by atoms with Gasteiger partial charge in [0.05, 0.1) is 6.61 Å². The van der Waals surface area contributed by atoms with Crippen LogP contribution < -0.4 is 0 Å². The standard InChI is InChI=1S/C12H26O3/c1-4-7-10-13-12(9-6-3)15-14-11-8-5-2/h12H,4-11H2,1-3H3. The lowest BCUT2D eigenvalue weighted by atomic mass is 10.3. The molecule has 1 atom stereocenters. The summed E-state index contributed by atoms with van der Waals surface area (Å²) in [5, 5.41) is 0. The maximum absolute atomic E-state index is 5.56. The maximum Gasteiger partial charge on any atom is 0.191 e. The van der Waals surface area contributed by atoms with Crippen molar-refractivity contribution < 1.29 is 14.5 Å². The van der Waals surface area contributed by atoms with Gasteiger partial charge in [-0.1, -0.05) is 40.0 Å². The van der Waals surface area contributed by atoms with Crippen LogP contribution in [0.5, 0.6) is 0 Å². The molecule has 15 heavy (non-hydrogen) atoms. The first-order valence-corrected chi connectivity index (χ1v) is 6.24. The second-order valence-electron chi connectivity index (χ2n) is 3.71. The molecule has 3 heteroatoms. The van der Waals surface area contributed by atoms with Gasteiger partial charge in [0.1, 0.15) is 0 Å². The Morgan fingerprint density at radius 3 is 2.13 bits per heavy atom. The Balaban J connectivity index is 3.44.